The van der Waals surface area contributed by atoms with Crippen LogP contribution in [0.5, 0.6) is 0 Å². The van der Waals surface area contributed by atoms with Gasteiger partial charge in [-0.1, -0.05) is 11.6 Å². The average molecular weight is 392 g/mol. The van der Waals surface area contributed by atoms with E-state index < -0.39 is 0 Å². The van der Waals surface area contributed by atoms with Gasteiger partial charge in [-0.25, -0.2) is 4.98 Å². The molecule has 0 saturated heterocycles. The first-order valence-electron chi connectivity index (χ1n) is 7.32. The molecule has 0 unspecified atom stereocenters. The molecular formula is C15H19Cl2N3OS2. The van der Waals surface area contributed by atoms with E-state index in [0.717, 1.165) is 45.6 Å². The number of amides is 1. The summed E-state index contributed by atoms with van der Waals surface area (Å²) >= 11 is 8.87. The van der Waals surface area contributed by atoms with Crippen LogP contribution in [0, 0.1) is 6.92 Å². The van der Waals surface area contributed by atoms with Crippen molar-refractivity contribution in [3.8, 4) is 9.88 Å². The minimum absolute atomic E-state index is 0. The van der Waals surface area contributed by atoms with E-state index in [1.54, 1.807) is 0 Å². The highest BCUT2D eigenvalue weighted by Gasteiger charge is 2.23. The lowest BCUT2D eigenvalue weighted by molar-refractivity contribution is 0.0929. The van der Waals surface area contributed by atoms with Crippen molar-refractivity contribution in [2.45, 2.75) is 44.7 Å². The summed E-state index contributed by atoms with van der Waals surface area (Å²) in [6, 6.07) is 4.31. The minimum atomic E-state index is -0.0237. The van der Waals surface area contributed by atoms with E-state index in [4.69, 9.17) is 17.3 Å². The van der Waals surface area contributed by atoms with Crippen LogP contribution in [0.2, 0.25) is 4.34 Å². The van der Waals surface area contributed by atoms with Crippen LogP contribution in [0.15, 0.2) is 12.1 Å². The average Bonchev–Trinajstić information content (AvgIpc) is 3.07. The Labute approximate surface area is 154 Å². The molecule has 1 aliphatic rings. The van der Waals surface area contributed by atoms with Gasteiger partial charge in [-0.3, -0.25) is 4.79 Å². The molecule has 0 aliphatic heterocycles. The standard InChI is InChI=1S/C15H18ClN3OS2.ClH/c1-8-13(14(20)19-10-4-2-9(17)3-5-10)22-15(18-8)11-6-7-12(16)21-11;/h6-7,9-10H,2-5,17H2,1H3,(H,19,20);1H. The molecule has 1 saturated carbocycles. The molecule has 3 rings (SSSR count). The van der Waals surface area contributed by atoms with E-state index in [1.807, 2.05) is 19.1 Å². The molecular weight excluding hydrogens is 373 g/mol. The fraction of sp³-hybridized carbons (Fsp3) is 0.467. The number of nitrogens with zero attached hydrogens (tertiary/aromatic N) is 1. The summed E-state index contributed by atoms with van der Waals surface area (Å²) in [5, 5.41) is 3.97. The van der Waals surface area contributed by atoms with Crippen molar-refractivity contribution in [1.82, 2.24) is 10.3 Å². The number of halogens is 2. The highest BCUT2D eigenvalue weighted by molar-refractivity contribution is 7.24. The number of rotatable bonds is 3. The van der Waals surface area contributed by atoms with Gasteiger partial charge in [-0.2, -0.15) is 0 Å². The molecule has 0 radical (unpaired) electrons. The molecule has 2 aromatic heterocycles. The van der Waals surface area contributed by atoms with Crippen LogP contribution in [0.4, 0.5) is 0 Å². The number of carbonyl (C=O) groups excluding carboxylic acids is 1. The van der Waals surface area contributed by atoms with Crippen molar-refractivity contribution < 1.29 is 4.79 Å². The molecule has 3 N–H and O–H groups in total. The molecule has 2 heterocycles. The van der Waals surface area contributed by atoms with Crippen LogP contribution in [0.1, 0.15) is 41.0 Å². The molecule has 23 heavy (non-hydrogen) atoms. The van der Waals surface area contributed by atoms with Crippen molar-refractivity contribution in [1.29, 1.82) is 0 Å². The molecule has 0 spiro atoms. The number of aryl methyl sites for hydroxylation is 1. The van der Waals surface area contributed by atoms with Gasteiger partial charge < -0.3 is 11.1 Å². The van der Waals surface area contributed by atoms with Crippen LogP contribution >= 0.6 is 46.7 Å². The molecule has 1 aliphatic carbocycles. The summed E-state index contributed by atoms with van der Waals surface area (Å²) < 4.78 is 0.729. The summed E-state index contributed by atoms with van der Waals surface area (Å²) in [5.41, 5.74) is 6.68. The van der Waals surface area contributed by atoms with Gasteiger partial charge in [-0.05, 0) is 44.7 Å². The van der Waals surface area contributed by atoms with Crippen LogP contribution in [-0.2, 0) is 0 Å². The number of thiazole rings is 1. The van der Waals surface area contributed by atoms with Gasteiger partial charge >= 0.3 is 0 Å². The van der Waals surface area contributed by atoms with Gasteiger partial charge in [0.25, 0.3) is 5.91 Å². The number of carbonyl (C=O) groups is 1. The van der Waals surface area contributed by atoms with Crippen molar-refractivity contribution in [2.24, 2.45) is 5.73 Å². The van der Waals surface area contributed by atoms with Gasteiger partial charge in [0, 0.05) is 12.1 Å². The Morgan fingerprint density at radius 2 is 2.00 bits per heavy atom. The first-order valence-corrected chi connectivity index (χ1v) is 9.33. The van der Waals surface area contributed by atoms with E-state index in [-0.39, 0.29) is 30.4 Å². The zero-order valence-electron chi connectivity index (χ0n) is 12.7. The minimum Gasteiger partial charge on any atom is -0.349 e. The maximum atomic E-state index is 12.5. The Morgan fingerprint density at radius 3 is 2.61 bits per heavy atom. The fourth-order valence-corrected chi connectivity index (χ4v) is 4.72. The Balaban J connectivity index is 0.00000192. The third-order valence-corrected chi connectivity index (χ3v) is 6.45. The second kappa shape index (κ2) is 7.94. The summed E-state index contributed by atoms with van der Waals surface area (Å²) in [4.78, 5) is 18.7. The maximum absolute atomic E-state index is 12.5. The zero-order valence-corrected chi connectivity index (χ0v) is 15.9. The lowest BCUT2D eigenvalue weighted by Gasteiger charge is -2.26. The predicted octanol–water partition coefficient (Wildman–Crippen LogP) is 4.25. The molecule has 126 valence electrons. The molecule has 1 fully saturated rings. The first-order chi connectivity index (χ1) is 10.5. The van der Waals surface area contributed by atoms with E-state index in [0.29, 0.717) is 4.88 Å². The number of thiophene rings is 1. The first kappa shape index (κ1) is 18.7. The second-order valence-electron chi connectivity index (χ2n) is 5.62. The quantitative estimate of drug-likeness (QED) is 0.820. The monoisotopic (exact) mass is 391 g/mol. The molecule has 0 bridgehead atoms. The van der Waals surface area contributed by atoms with E-state index in [9.17, 15) is 4.79 Å². The highest BCUT2D eigenvalue weighted by atomic mass is 35.5. The van der Waals surface area contributed by atoms with Crippen LogP contribution in [0.3, 0.4) is 0 Å². The third-order valence-electron chi connectivity index (χ3n) is 3.89. The largest absolute Gasteiger partial charge is 0.349 e. The van der Waals surface area contributed by atoms with Crippen LogP contribution < -0.4 is 11.1 Å². The van der Waals surface area contributed by atoms with E-state index in [2.05, 4.69) is 10.3 Å². The highest BCUT2D eigenvalue weighted by Crippen LogP contribution is 2.35. The molecule has 8 heteroatoms. The zero-order chi connectivity index (χ0) is 15.7. The lowest BCUT2D eigenvalue weighted by Crippen LogP contribution is -2.40. The molecule has 0 aromatic carbocycles. The third kappa shape index (κ3) is 4.45. The van der Waals surface area contributed by atoms with E-state index >= 15 is 0 Å². The van der Waals surface area contributed by atoms with Gasteiger partial charge in [0.1, 0.15) is 9.88 Å². The molecule has 2 aromatic rings. The van der Waals surface area contributed by atoms with Gasteiger partial charge in [0.2, 0.25) is 0 Å². The Morgan fingerprint density at radius 1 is 1.30 bits per heavy atom. The van der Waals surface area contributed by atoms with Crippen molar-refractivity contribution in [3.63, 3.8) is 0 Å². The van der Waals surface area contributed by atoms with Crippen molar-refractivity contribution in [2.75, 3.05) is 0 Å². The summed E-state index contributed by atoms with van der Waals surface area (Å²) in [5.74, 6) is -0.0237. The van der Waals surface area contributed by atoms with Crippen LogP contribution in [-0.4, -0.2) is 23.0 Å². The number of hydrogen-bond donors (Lipinski definition) is 2. The predicted molar refractivity (Wildman–Crippen MR) is 100 cm³/mol. The van der Waals surface area contributed by atoms with Gasteiger partial charge in [-0.15, -0.1) is 35.1 Å². The summed E-state index contributed by atoms with van der Waals surface area (Å²) in [6.07, 6.45) is 3.87. The molecule has 0 atom stereocenters. The topological polar surface area (TPSA) is 68.0 Å². The van der Waals surface area contributed by atoms with Crippen molar-refractivity contribution in [3.05, 3.63) is 27.0 Å². The summed E-state index contributed by atoms with van der Waals surface area (Å²) in [7, 11) is 0. The Kier molecular flexibility index (Phi) is 6.45. The SMILES string of the molecule is Cc1nc(-c2ccc(Cl)s2)sc1C(=O)NC1CCC(N)CC1.Cl. The number of hydrogen-bond acceptors (Lipinski definition) is 5. The molecule has 4 nitrogen and oxygen atoms in total. The number of nitrogens with one attached hydrogen (secondary N) is 1. The number of aromatic nitrogens is 1. The maximum Gasteiger partial charge on any atom is 0.263 e. The Hall–Kier alpha value is -0.660. The second-order valence-corrected chi connectivity index (χ2v) is 8.34. The molecule has 1 amide bonds. The number of nitrogens with two attached hydrogens (primary N) is 1. The van der Waals surface area contributed by atoms with E-state index in [1.165, 1.54) is 22.7 Å². The fourth-order valence-electron chi connectivity index (χ4n) is 2.66. The smallest absolute Gasteiger partial charge is 0.263 e. The lowest BCUT2D eigenvalue weighted by atomic mass is 9.92. The Bertz CT molecular complexity index is 678. The normalized spacial score (nSPS) is 20.8. The van der Waals surface area contributed by atoms with Crippen molar-refractivity contribution >= 4 is 52.6 Å². The van der Waals surface area contributed by atoms with Crippen LogP contribution in [0.25, 0.3) is 9.88 Å². The van der Waals surface area contributed by atoms with Gasteiger partial charge in [0.15, 0.2) is 0 Å². The summed E-state index contributed by atoms with van der Waals surface area (Å²) in [6.45, 7) is 1.88. The van der Waals surface area contributed by atoms with Gasteiger partial charge in [0.05, 0.1) is 14.9 Å².